The molecule has 0 saturated heterocycles. The van der Waals surface area contributed by atoms with E-state index in [4.69, 9.17) is 24.0 Å². The number of nitrogens with zero attached hydrogens (tertiary/aromatic N) is 2. The van der Waals surface area contributed by atoms with Crippen LogP contribution in [0.25, 0.3) is 6.08 Å². The number of hydrogen-bond acceptors (Lipinski definition) is 6. The molecule has 0 spiro atoms. The molecule has 6 heteroatoms. The number of anilines is 1. The van der Waals surface area contributed by atoms with Crippen molar-refractivity contribution in [2.45, 2.75) is 32.2 Å². The third kappa shape index (κ3) is 5.65. The molecule has 4 rings (SSSR count). The molecule has 0 amide bonds. The van der Waals surface area contributed by atoms with Crippen LogP contribution < -0.4 is 24.0 Å². The highest BCUT2D eigenvalue weighted by Gasteiger charge is 2.29. The molecule has 6 nitrogen and oxygen atoms in total. The number of allylic oxidation sites excluding steroid dienone is 1. The molecule has 0 saturated carbocycles. The topological polar surface area (TPSA) is 52.5 Å². The summed E-state index contributed by atoms with van der Waals surface area (Å²) in [5.74, 6) is 3.47. The lowest BCUT2D eigenvalue weighted by Gasteiger charge is -2.25. The van der Waals surface area contributed by atoms with Gasteiger partial charge in [-0.3, -0.25) is 5.01 Å². The van der Waals surface area contributed by atoms with Crippen molar-refractivity contribution >= 4 is 17.5 Å². The molecular weight excluding hydrogens is 452 g/mol. The minimum Gasteiger partial charge on any atom is -0.497 e. The van der Waals surface area contributed by atoms with Gasteiger partial charge in [0.1, 0.15) is 23.0 Å². The smallest absolute Gasteiger partial charge is 0.123 e. The van der Waals surface area contributed by atoms with E-state index in [-0.39, 0.29) is 6.04 Å². The summed E-state index contributed by atoms with van der Waals surface area (Å²) in [5, 5.41) is 7.11. The number of ether oxygens (including phenoxy) is 4. The summed E-state index contributed by atoms with van der Waals surface area (Å²) in [6.45, 7) is 4.40. The summed E-state index contributed by atoms with van der Waals surface area (Å²) in [6.07, 6.45) is 4.83. The minimum atomic E-state index is -0.00149. The first-order valence-electron chi connectivity index (χ1n) is 12.0. The first kappa shape index (κ1) is 25.2. The molecule has 0 fully saturated rings. The summed E-state index contributed by atoms with van der Waals surface area (Å²) in [4.78, 5) is 0. The zero-order chi connectivity index (χ0) is 25.7. The van der Waals surface area contributed by atoms with Crippen LogP contribution in [-0.4, -0.2) is 34.2 Å². The summed E-state index contributed by atoms with van der Waals surface area (Å²) >= 11 is 0. The summed E-state index contributed by atoms with van der Waals surface area (Å²) in [5.41, 5.74) is 5.37. The van der Waals surface area contributed by atoms with Gasteiger partial charge < -0.3 is 18.9 Å². The number of hydrogen-bond donors (Lipinski definition) is 0. The van der Waals surface area contributed by atoms with Crippen LogP contribution >= 0.6 is 0 Å². The normalized spacial score (nSPS) is 15.4. The third-order valence-corrected chi connectivity index (χ3v) is 6.36. The fraction of sp³-hybridized carbons (Fsp3) is 0.300. The molecule has 0 radical (unpaired) electrons. The van der Waals surface area contributed by atoms with E-state index in [0.29, 0.717) is 5.92 Å². The molecule has 1 unspecified atom stereocenters. The Morgan fingerprint density at radius 2 is 1.28 bits per heavy atom. The van der Waals surface area contributed by atoms with Gasteiger partial charge in [0.25, 0.3) is 0 Å². The van der Waals surface area contributed by atoms with E-state index in [9.17, 15) is 0 Å². The van der Waals surface area contributed by atoms with E-state index in [0.717, 1.165) is 51.9 Å². The van der Waals surface area contributed by atoms with Crippen LogP contribution in [0, 0.1) is 0 Å². The molecule has 0 aliphatic carbocycles. The second-order valence-corrected chi connectivity index (χ2v) is 9.03. The number of hydrazone groups is 1. The van der Waals surface area contributed by atoms with Gasteiger partial charge in [0.05, 0.1) is 45.9 Å². The quantitative estimate of drug-likeness (QED) is 0.330. The summed E-state index contributed by atoms with van der Waals surface area (Å²) < 4.78 is 21.9. The van der Waals surface area contributed by atoms with Gasteiger partial charge in [0.2, 0.25) is 0 Å². The molecule has 3 aromatic carbocycles. The Bertz CT molecular complexity index is 1200. The van der Waals surface area contributed by atoms with E-state index in [1.165, 1.54) is 5.56 Å². The predicted molar refractivity (Wildman–Crippen MR) is 146 cm³/mol. The Balaban J connectivity index is 1.70. The molecule has 1 aliphatic heterocycles. The van der Waals surface area contributed by atoms with E-state index in [2.05, 4.69) is 61.3 Å². The number of methoxy groups -OCH3 is 4. The molecule has 188 valence electrons. The van der Waals surface area contributed by atoms with Gasteiger partial charge in [-0.05, 0) is 65.1 Å². The van der Waals surface area contributed by atoms with Crippen LogP contribution in [0.1, 0.15) is 48.9 Å². The standard InChI is InChI=1S/C30H34N2O4/c1-20(2)22-8-11-25(12-9-22)32-30(23-15-28(35-5)19-29(16-23)36-6)17-24(31-32)10-7-21-13-26(33-3)18-27(14-21)34-4/h7-16,18-20,30H,17H2,1-6H3. The first-order chi connectivity index (χ1) is 17.4. The average Bonchev–Trinajstić information content (AvgIpc) is 3.35. The highest BCUT2D eigenvalue weighted by atomic mass is 16.5. The number of benzene rings is 3. The molecule has 1 aliphatic rings. The Hall–Kier alpha value is -3.93. The maximum absolute atomic E-state index is 5.54. The number of rotatable bonds is 9. The Kier molecular flexibility index (Phi) is 7.84. The van der Waals surface area contributed by atoms with Crippen LogP contribution in [0.15, 0.2) is 71.8 Å². The fourth-order valence-electron chi connectivity index (χ4n) is 4.28. The largest absolute Gasteiger partial charge is 0.497 e. The zero-order valence-corrected chi connectivity index (χ0v) is 21.8. The monoisotopic (exact) mass is 486 g/mol. The SMILES string of the molecule is COc1cc(C=CC2=NN(c3ccc(C(C)C)cc3)C(c3cc(OC)cc(OC)c3)C2)cc(OC)c1. The van der Waals surface area contributed by atoms with Crippen LogP contribution in [0.4, 0.5) is 5.69 Å². The Morgan fingerprint density at radius 1 is 0.750 bits per heavy atom. The van der Waals surface area contributed by atoms with E-state index in [1.54, 1.807) is 28.4 Å². The molecule has 36 heavy (non-hydrogen) atoms. The van der Waals surface area contributed by atoms with Crippen molar-refractivity contribution in [1.82, 2.24) is 0 Å². The summed E-state index contributed by atoms with van der Waals surface area (Å²) in [7, 11) is 6.64. The second kappa shape index (κ2) is 11.2. The molecule has 1 atom stereocenters. The van der Waals surface area contributed by atoms with Gasteiger partial charge in [-0.2, -0.15) is 5.10 Å². The molecule has 0 bridgehead atoms. The lowest BCUT2D eigenvalue weighted by molar-refractivity contribution is 0.392. The maximum atomic E-state index is 5.54. The van der Waals surface area contributed by atoms with Gasteiger partial charge >= 0.3 is 0 Å². The highest BCUT2D eigenvalue weighted by molar-refractivity contribution is 6.01. The van der Waals surface area contributed by atoms with Crippen molar-refractivity contribution in [3.63, 3.8) is 0 Å². The molecule has 0 aromatic heterocycles. The molecular formula is C30H34N2O4. The Morgan fingerprint density at radius 3 is 1.78 bits per heavy atom. The van der Waals surface area contributed by atoms with E-state index < -0.39 is 0 Å². The lowest BCUT2D eigenvalue weighted by Crippen LogP contribution is -2.18. The van der Waals surface area contributed by atoms with Gasteiger partial charge in [-0.1, -0.05) is 32.1 Å². The lowest BCUT2D eigenvalue weighted by atomic mass is 9.99. The van der Waals surface area contributed by atoms with Crippen molar-refractivity contribution in [2.24, 2.45) is 5.10 Å². The second-order valence-electron chi connectivity index (χ2n) is 9.03. The molecule has 0 N–H and O–H groups in total. The van der Waals surface area contributed by atoms with Crippen molar-refractivity contribution in [2.75, 3.05) is 33.4 Å². The van der Waals surface area contributed by atoms with Crippen molar-refractivity contribution < 1.29 is 18.9 Å². The van der Waals surface area contributed by atoms with Crippen LogP contribution in [0.5, 0.6) is 23.0 Å². The van der Waals surface area contributed by atoms with Gasteiger partial charge in [-0.25, -0.2) is 0 Å². The molecule has 3 aromatic rings. The Labute approximate surface area is 213 Å². The van der Waals surface area contributed by atoms with Gasteiger partial charge in [-0.15, -0.1) is 0 Å². The third-order valence-electron chi connectivity index (χ3n) is 6.36. The highest BCUT2D eigenvalue weighted by Crippen LogP contribution is 2.39. The fourth-order valence-corrected chi connectivity index (χ4v) is 4.28. The molecule has 1 heterocycles. The van der Waals surface area contributed by atoms with Crippen LogP contribution in [-0.2, 0) is 0 Å². The van der Waals surface area contributed by atoms with Crippen LogP contribution in [0.2, 0.25) is 0 Å². The first-order valence-corrected chi connectivity index (χ1v) is 12.0. The van der Waals surface area contributed by atoms with Crippen molar-refractivity contribution in [3.05, 3.63) is 83.4 Å². The minimum absolute atomic E-state index is 0.00149. The predicted octanol–water partition coefficient (Wildman–Crippen LogP) is 6.87. The zero-order valence-electron chi connectivity index (χ0n) is 21.8. The van der Waals surface area contributed by atoms with Gasteiger partial charge in [0.15, 0.2) is 0 Å². The van der Waals surface area contributed by atoms with Crippen LogP contribution in [0.3, 0.4) is 0 Å². The van der Waals surface area contributed by atoms with Gasteiger partial charge in [0, 0.05) is 18.6 Å². The van der Waals surface area contributed by atoms with E-state index >= 15 is 0 Å². The average molecular weight is 487 g/mol. The van der Waals surface area contributed by atoms with E-state index in [1.807, 2.05) is 30.3 Å². The summed E-state index contributed by atoms with van der Waals surface area (Å²) in [6, 6.07) is 20.4. The maximum Gasteiger partial charge on any atom is 0.123 e. The van der Waals surface area contributed by atoms with Crippen molar-refractivity contribution in [1.29, 1.82) is 0 Å². The van der Waals surface area contributed by atoms with Crippen molar-refractivity contribution in [3.8, 4) is 23.0 Å².